The van der Waals surface area contributed by atoms with Gasteiger partial charge in [0, 0.05) is 12.1 Å². The predicted molar refractivity (Wildman–Crippen MR) is 130 cm³/mol. The topological polar surface area (TPSA) is 73.2 Å². The van der Waals surface area contributed by atoms with Crippen LogP contribution in [0.5, 0.6) is 5.75 Å². The molecule has 6 nitrogen and oxygen atoms in total. The monoisotopic (exact) mass is 475 g/mol. The molecule has 1 atom stereocenters. The molecule has 172 valence electrons. The normalized spacial score (nSPS) is 14.1. The van der Waals surface area contributed by atoms with Crippen molar-refractivity contribution in [3.63, 3.8) is 0 Å². The van der Waals surface area contributed by atoms with Gasteiger partial charge < -0.3 is 10.1 Å². The lowest BCUT2D eigenvalue weighted by Crippen LogP contribution is -2.30. The lowest BCUT2D eigenvalue weighted by atomic mass is 10.1. The fraction of sp³-hybridized carbons (Fsp3) is 0.192. The number of para-hydroxylation sites is 1. The molecule has 1 saturated carbocycles. The molecule has 1 fully saturated rings. The fourth-order valence-electron chi connectivity index (χ4n) is 3.69. The molecule has 1 aliphatic carbocycles. The maximum atomic E-state index is 13.6. The summed E-state index contributed by atoms with van der Waals surface area (Å²) in [7, 11) is 1.56. The molecule has 0 bridgehead atoms. The minimum Gasteiger partial charge on any atom is -0.497 e. The second kappa shape index (κ2) is 9.30. The molecule has 5 rings (SSSR count). The molecular formula is C26H22FN3O3S. The van der Waals surface area contributed by atoms with Crippen molar-refractivity contribution in [2.45, 2.75) is 29.3 Å². The second-order valence-electron chi connectivity index (χ2n) is 8.09. The number of halogens is 1. The number of rotatable bonds is 7. The molecule has 3 aromatic carbocycles. The Hall–Kier alpha value is -3.65. The van der Waals surface area contributed by atoms with E-state index in [4.69, 9.17) is 9.72 Å². The molecule has 0 radical (unpaired) electrons. The highest BCUT2D eigenvalue weighted by atomic mass is 32.2. The molecule has 8 heteroatoms. The summed E-state index contributed by atoms with van der Waals surface area (Å²) in [5, 5.41) is 3.14. The van der Waals surface area contributed by atoms with Crippen molar-refractivity contribution in [3.8, 4) is 11.4 Å². The number of carbonyl (C=O) groups excluding carboxylic acids is 1. The third-order valence-corrected chi connectivity index (χ3v) is 6.82. The van der Waals surface area contributed by atoms with Crippen molar-refractivity contribution >= 4 is 28.6 Å². The van der Waals surface area contributed by atoms with E-state index in [0.29, 0.717) is 33.1 Å². The molecule has 0 aliphatic heterocycles. The molecule has 0 spiro atoms. The minimum atomic E-state index is -0.717. The smallest absolute Gasteiger partial charge is 0.266 e. The van der Waals surface area contributed by atoms with E-state index in [2.05, 4.69) is 5.32 Å². The number of nitrogens with one attached hydrogen (secondary N) is 1. The van der Waals surface area contributed by atoms with Crippen molar-refractivity contribution in [2.24, 2.45) is 0 Å². The maximum Gasteiger partial charge on any atom is 0.266 e. The highest BCUT2D eigenvalue weighted by Gasteiger charge is 2.30. The first-order chi connectivity index (χ1) is 16.5. The number of benzene rings is 3. The first-order valence-electron chi connectivity index (χ1n) is 10.9. The van der Waals surface area contributed by atoms with Gasteiger partial charge in [0.2, 0.25) is 5.91 Å². The van der Waals surface area contributed by atoms with Gasteiger partial charge in [-0.2, -0.15) is 0 Å². The number of ether oxygens (including phenoxy) is 1. The van der Waals surface area contributed by atoms with Gasteiger partial charge in [-0.25, -0.2) is 9.37 Å². The predicted octanol–water partition coefficient (Wildman–Crippen LogP) is 4.65. The van der Waals surface area contributed by atoms with Crippen molar-refractivity contribution < 1.29 is 13.9 Å². The lowest BCUT2D eigenvalue weighted by Gasteiger charge is -2.20. The van der Waals surface area contributed by atoms with Crippen molar-refractivity contribution in [3.05, 3.63) is 94.5 Å². The van der Waals surface area contributed by atoms with Crippen molar-refractivity contribution in [1.82, 2.24) is 14.9 Å². The summed E-state index contributed by atoms with van der Waals surface area (Å²) < 4.78 is 20.5. The van der Waals surface area contributed by atoms with E-state index in [-0.39, 0.29) is 23.3 Å². The number of amides is 1. The lowest BCUT2D eigenvalue weighted by molar-refractivity contribution is -0.120. The summed E-state index contributed by atoms with van der Waals surface area (Å²) in [6, 6.07) is 20.2. The molecule has 1 heterocycles. The number of nitrogens with zero attached hydrogens (tertiary/aromatic N) is 2. The molecule has 1 N–H and O–H groups in total. The van der Waals surface area contributed by atoms with Gasteiger partial charge in [-0.3, -0.25) is 14.2 Å². The Kier molecular flexibility index (Phi) is 6.06. The van der Waals surface area contributed by atoms with E-state index in [0.717, 1.165) is 12.8 Å². The second-order valence-corrected chi connectivity index (χ2v) is 9.16. The summed E-state index contributed by atoms with van der Waals surface area (Å²) in [5.41, 5.74) is 1.49. The number of methoxy groups -OCH3 is 1. The van der Waals surface area contributed by atoms with Crippen LogP contribution in [0, 0.1) is 5.82 Å². The van der Waals surface area contributed by atoms with Crippen LogP contribution in [0.2, 0.25) is 0 Å². The number of aromatic nitrogens is 2. The van der Waals surface area contributed by atoms with Crippen molar-refractivity contribution in [2.75, 3.05) is 7.11 Å². The Morgan fingerprint density at radius 3 is 2.62 bits per heavy atom. The molecule has 0 saturated heterocycles. The number of thioether (sulfide) groups is 1. The van der Waals surface area contributed by atoms with Gasteiger partial charge in [0.25, 0.3) is 5.56 Å². The van der Waals surface area contributed by atoms with E-state index in [1.54, 1.807) is 61.7 Å². The summed E-state index contributed by atoms with van der Waals surface area (Å²) in [6.07, 6.45) is 1.88. The quantitative estimate of drug-likeness (QED) is 0.311. The Bertz CT molecular complexity index is 1420. The first kappa shape index (κ1) is 22.2. The standard InChI is InChI=1S/C26H22FN3O3S/c1-33-20-6-4-5-19(15-20)30-25(32)21-7-2-3-8-22(21)29-26(30)34-23(24(31)28-18-13-14-18)16-9-11-17(27)12-10-16/h2-12,15,18,23H,13-14H2,1H3,(H,28,31). The van der Waals surface area contributed by atoms with E-state index in [1.165, 1.54) is 28.5 Å². The summed E-state index contributed by atoms with van der Waals surface area (Å²) in [6.45, 7) is 0. The zero-order chi connectivity index (χ0) is 23.7. The maximum absolute atomic E-state index is 13.6. The number of hydrogen-bond acceptors (Lipinski definition) is 5. The average Bonchev–Trinajstić information content (AvgIpc) is 3.67. The highest BCUT2D eigenvalue weighted by Crippen LogP contribution is 2.37. The summed E-state index contributed by atoms with van der Waals surface area (Å²) in [4.78, 5) is 31.6. The number of carbonyl (C=O) groups is 1. The van der Waals surface area contributed by atoms with Gasteiger partial charge in [-0.15, -0.1) is 0 Å². The first-order valence-corrected chi connectivity index (χ1v) is 11.8. The fourth-order valence-corrected chi connectivity index (χ4v) is 4.81. The summed E-state index contributed by atoms with van der Waals surface area (Å²) in [5.74, 6) is 0.0148. The van der Waals surface area contributed by atoms with Crippen LogP contribution in [-0.4, -0.2) is 28.6 Å². The van der Waals surface area contributed by atoms with Gasteiger partial charge in [-0.1, -0.05) is 42.1 Å². The Labute approximate surface area is 199 Å². The number of fused-ring (bicyclic) bond motifs is 1. The average molecular weight is 476 g/mol. The SMILES string of the molecule is COc1cccc(-n2c(SC(C(=O)NC3CC3)c3ccc(F)cc3)nc3ccccc3c2=O)c1. The third kappa shape index (κ3) is 4.54. The van der Waals surface area contributed by atoms with Gasteiger partial charge in [0.1, 0.15) is 16.8 Å². The third-order valence-electron chi connectivity index (χ3n) is 5.61. The minimum absolute atomic E-state index is 0.154. The van der Waals surface area contributed by atoms with Crippen LogP contribution in [0.4, 0.5) is 4.39 Å². The Morgan fingerprint density at radius 2 is 1.88 bits per heavy atom. The molecule has 34 heavy (non-hydrogen) atoms. The number of hydrogen-bond donors (Lipinski definition) is 1. The zero-order valence-corrected chi connectivity index (χ0v) is 19.2. The molecule has 1 aliphatic rings. The zero-order valence-electron chi connectivity index (χ0n) is 18.4. The van der Waals surface area contributed by atoms with Crippen LogP contribution in [0.15, 0.2) is 82.7 Å². The highest BCUT2D eigenvalue weighted by molar-refractivity contribution is 8.00. The van der Waals surface area contributed by atoms with E-state index in [1.807, 2.05) is 6.07 Å². The van der Waals surface area contributed by atoms with Gasteiger partial charge in [0.05, 0.1) is 23.7 Å². The van der Waals surface area contributed by atoms with Crippen LogP contribution >= 0.6 is 11.8 Å². The van der Waals surface area contributed by atoms with E-state index < -0.39 is 5.25 Å². The molecule has 1 aromatic heterocycles. The molecule has 4 aromatic rings. The van der Waals surface area contributed by atoms with Crippen LogP contribution < -0.4 is 15.6 Å². The van der Waals surface area contributed by atoms with Crippen LogP contribution in [0.1, 0.15) is 23.7 Å². The van der Waals surface area contributed by atoms with E-state index in [9.17, 15) is 14.0 Å². The van der Waals surface area contributed by atoms with Crippen molar-refractivity contribution in [1.29, 1.82) is 0 Å². The molecule has 1 amide bonds. The Morgan fingerprint density at radius 1 is 1.12 bits per heavy atom. The van der Waals surface area contributed by atoms with Crippen LogP contribution in [0.3, 0.4) is 0 Å². The van der Waals surface area contributed by atoms with Gasteiger partial charge in [0.15, 0.2) is 5.16 Å². The largest absolute Gasteiger partial charge is 0.497 e. The Balaban J connectivity index is 1.66. The van der Waals surface area contributed by atoms with Crippen LogP contribution in [0.25, 0.3) is 16.6 Å². The molecule has 1 unspecified atom stereocenters. The van der Waals surface area contributed by atoms with Gasteiger partial charge in [-0.05, 0) is 54.8 Å². The van der Waals surface area contributed by atoms with Gasteiger partial charge >= 0.3 is 0 Å². The molecular weight excluding hydrogens is 453 g/mol. The van der Waals surface area contributed by atoms with E-state index >= 15 is 0 Å². The summed E-state index contributed by atoms with van der Waals surface area (Å²) >= 11 is 1.17. The van der Waals surface area contributed by atoms with Crippen LogP contribution in [-0.2, 0) is 4.79 Å².